The van der Waals surface area contributed by atoms with E-state index in [0.717, 1.165) is 5.56 Å². The summed E-state index contributed by atoms with van der Waals surface area (Å²) in [6.45, 7) is 4.10. The minimum absolute atomic E-state index is 0.000659. The number of nitrogens with one attached hydrogen (secondary N) is 1. The third kappa shape index (κ3) is 4.27. The number of aromatic nitrogens is 1. The van der Waals surface area contributed by atoms with Crippen molar-refractivity contribution in [2.24, 2.45) is 5.73 Å². The molecule has 1 aromatic carbocycles. The van der Waals surface area contributed by atoms with Gasteiger partial charge >= 0.3 is 0 Å². The van der Waals surface area contributed by atoms with Gasteiger partial charge in [0.05, 0.1) is 17.1 Å². The molecule has 1 amide bonds. The lowest BCUT2D eigenvalue weighted by molar-refractivity contribution is 0.0997. The maximum absolute atomic E-state index is 11.4. The monoisotopic (exact) mass is 353 g/mol. The number of pyridine rings is 1. The van der Waals surface area contributed by atoms with E-state index in [2.05, 4.69) is 0 Å². The lowest BCUT2D eigenvalue weighted by atomic mass is 10.2. The van der Waals surface area contributed by atoms with E-state index in [1.807, 2.05) is 26.0 Å². The summed E-state index contributed by atoms with van der Waals surface area (Å²) in [4.78, 5) is 11.4. The number of ether oxygens (including phenoxy) is 1. The zero-order chi connectivity index (χ0) is 17.1. The van der Waals surface area contributed by atoms with Gasteiger partial charge in [0.2, 0.25) is 0 Å². The number of halogens is 2. The van der Waals surface area contributed by atoms with Crippen LogP contribution < -0.4 is 16.0 Å². The van der Waals surface area contributed by atoms with Gasteiger partial charge < -0.3 is 15.0 Å². The number of primary amides is 1. The normalized spacial score (nSPS) is 12.0. The molecule has 0 aliphatic heterocycles. The molecule has 0 bridgehead atoms. The molecule has 0 aliphatic carbocycles. The van der Waals surface area contributed by atoms with E-state index in [0.29, 0.717) is 22.3 Å². The fourth-order valence-electron chi connectivity index (χ4n) is 2.14. The van der Waals surface area contributed by atoms with Crippen LogP contribution in [0.4, 0.5) is 0 Å². The standard InChI is InChI=1S/C16H17Cl2N3O2/c1-9-3-4-12(6-14(9)18)23-10(2)7-21-8-11(17)5-13(15(21)19)16(20)22/h3-6,8,10,19H,7H2,1-2H3,(H2,20,22). The molecule has 1 unspecified atom stereocenters. The van der Waals surface area contributed by atoms with Gasteiger partial charge in [-0.1, -0.05) is 29.3 Å². The minimum Gasteiger partial charge on any atom is -0.489 e. The molecule has 1 atom stereocenters. The van der Waals surface area contributed by atoms with Crippen LogP contribution in [-0.2, 0) is 6.54 Å². The maximum Gasteiger partial charge on any atom is 0.252 e. The van der Waals surface area contributed by atoms with Crippen molar-refractivity contribution in [1.29, 1.82) is 5.41 Å². The summed E-state index contributed by atoms with van der Waals surface area (Å²) in [6, 6.07) is 6.83. The molecule has 1 aromatic heterocycles. The van der Waals surface area contributed by atoms with Crippen molar-refractivity contribution in [3.63, 3.8) is 0 Å². The smallest absolute Gasteiger partial charge is 0.252 e. The number of benzene rings is 1. The Bertz CT molecular complexity index is 802. The molecule has 0 saturated carbocycles. The molecule has 23 heavy (non-hydrogen) atoms. The molecule has 0 radical (unpaired) electrons. The van der Waals surface area contributed by atoms with Gasteiger partial charge in [-0.05, 0) is 37.6 Å². The molecular weight excluding hydrogens is 337 g/mol. The first-order valence-corrected chi connectivity index (χ1v) is 7.70. The predicted octanol–water partition coefficient (Wildman–Crippen LogP) is 3.15. The van der Waals surface area contributed by atoms with Crippen LogP contribution in [0.5, 0.6) is 5.75 Å². The van der Waals surface area contributed by atoms with Crippen LogP contribution in [0.25, 0.3) is 0 Å². The first-order chi connectivity index (χ1) is 10.8. The summed E-state index contributed by atoms with van der Waals surface area (Å²) in [5.41, 5.74) is 6.30. The fourth-order valence-corrected chi connectivity index (χ4v) is 2.53. The molecule has 0 fully saturated rings. The molecule has 1 heterocycles. The van der Waals surface area contributed by atoms with E-state index in [1.165, 1.54) is 10.6 Å². The average Bonchev–Trinajstić information content (AvgIpc) is 2.46. The average molecular weight is 354 g/mol. The Balaban J connectivity index is 2.20. The van der Waals surface area contributed by atoms with Crippen molar-refractivity contribution in [3.8, 4) is 5.75 Å². The number of hydrogen-bond acceptors (Lipinski definition) is 3. The van der Waals surface area contributed by atoms with Gasteiger partial charge in [-0.2, -0.15) is 0 Å². The van der Waals surface area contributed by atoms with Gasteiger partial charge in [-0.15, -0.1) is 0 Å². The molecular formula is C16H17Cl2N3O2. The number of nitrogens with zero attached hydrogens (tertiary/aromatic N) is 1. The van der Waals surface area contributed by atoms with Crippen LogP contribution in [0.15, 0.2) is 30.5 Å². The van der Waals surface area contributed by atoms with Crippen LogP contribution in [-0.4, -0.2) is 16.6 Å². The summed E-state index contributed by atoms with van der Waals surface area (Å²) >= 11 is 12.1. The lowest BCUT2D eigenvalue weighted by Gasteiger charge is -2.18. The van der Waals surface area contributed by atoms with Crippen LogP contribution in [0.1, 0.15) is 22.8 Å². The van der Waals surface area contributed by atoms with Crippen molar-refractivity contribution in [3.05, 3.63) is 57.1 Å². The van der Waals surface area contributed by atoms with Gasteiger partial charge in [0.1, 0.15) is 17.3 Å². The van der Waals surface area contributed by atoms with Crippen LogP contribution in [0.3, 0.4) is 0 Å². The summed E-state index contributed by atoms with van der Waals surface area (Å²) in [7, 11) is 0. The molecule has 5 nitrogen and oxygen atoms in total. The Kier molecular flexibility index (Phi) is 5.34. The van der Waals surface area contributed by atoms with E-state index in [9.17, 15) is 4.79 Å². The number of hydrogen-bond donors (Lipinski definition) is 2. The third-order valence-electron chi connectivity index (χ3n) is 3.30. The number of nitrogens with two attached hydrogens (primary N) is 1. The molecule has 0 spiro atoms. The van der Waals surface area contributed by atoms with E-state index in [-0.39, 0.29) is 17.2 Å². The summed E-state index contributed by atoms with van der Waals surface area (Å²) in [6.07, 6.45) is 1.31. The first kappa shape index (κ1) is 17.4. The Morgan fingerprint density at radius 3 is 2.70 bits per heavy atom. The Hall–Kier alpha value is -1.98. The highest BCUT2D eigenvalue weighted by Crippen LogP contribution is 2.22. The number of aryl methyl sites for hydroxylation is 1. The van der Waals surface area contributed by atoms with E-state index < -0.39 is 5.91 Å². The van der Waals surface area contributed by atoms with Crippen molar-refractivity contribution >= 4 is 29.1 Å². The Labute approximate surface area is 144 Å². The van der Waals surface area contributed by atoms with Gasteiger partial charge in [0.25, 0.3) is 5.91 Å². The van der Waals surface area contributed by atoms with Gasteiger partial charge in [0.15, 0.2) is 0 Å². The first-order valence-electron chi connectivity index (χ1n) is 6.95. The van der Waals surface area contributed by atoms with Crippen molar-refractivity contribution < 1.29 is 9.53 Å². The molecule has 0 saturated heterocycles. The highest BCUT2D eigenvalue weighted by molar-refractivity contribution is 6.31. The highest BCUT2D eigenvalue weighted by atomic mass is 35.5. The van der Waals surface area contributed by atoms with Gasteiger partial charge in [-0.25, -0.2) is 0 Å². The van der Waals surface area contributed by atoms with E-state index >= 15 is 0 Å². The van der Waals surface area contributed by atoms with Crippen LogP contribution in [0.2, 0.25) is 10.0 Å². The van der Waals surface area contributed by atoms with Crippen molar-refractivity contribution in [2.45, 2.75) is 26.5 Å². The second-order valence-corrected chi connectivity index (χ2v) is 6.12. The molecule has 122 valence electrons. The van der Waals surface area contributed by atoms with Gasteiger partial charge in [0, 0.05) is 11.2 Å². The quantitative estimate of drug-likeness (QED) is 0.865. The molecule has 2 aromatic rings. The summed E-state index contributed by atoms with van der Waals surface area (Å²) < 4.78 is 7.33. The maximum atomic E-state index is 11.4. The van der Waals surface area contributed by atoms with Crippen LogP contribution >= 0.6 is 23.2 Å². The van der Waals surface area contributed by atoms with Crippen LogP contribution in [0, 0.1) is 12.3 Å². The largest absolute Gasteiger partial charge is 0.489 e. The summed E-state index contributed by atoms with van der Waals surface area (Å²) in [5, 5.41) is 9.00. The second kappa shape index (κ2) is 7.06. The second-order valence-electron chi connectivity index (χ2n) is 5.28. The van der Waals surface area contributed by atoms with E-state index in [4.69, 9.17) is 39.1 Å². The minimum atomic E-state index is -0.690. The highest BCUT2D eigenvalue weighted by Gasteiger charge is 2.12. The van der Waals surface area contributed by atoms with Gasteiger partial charge in [-0.3, -0.25) is 10.2 Å². The predicted molar refractivity (Wildman–Crippen MR) is 90.1 cm³/mol. The number of amides is 1. The number of rotatable bonds is 5. The third-order valence-corrected chi connectivity index (χ3v) is 3.92. The van der Waals surface area contributed by atoms with Crippen molar-refractivity contribution in [2.75, 3.05) is 0 Å². The lowest BCUT2D eigenvalue weighted by Crippen LogP contribution is -2.33. The topological polar surface area (TPSA) is 81.1 Å². The number of carbonyl (C=O) groups excluding carboxylic acids is 1. The SMILES string of the molecule is Cc1ccc(OC(C)Cn2cc(Cl)cc(C(N)=O)c2=N)cc1Cl. The zero-order valence-electron chi connectivity index (χ0n) is 12.8. The molecule has 2 rings (SSSR count). The Morgan fingerprint density at radius 1 is 1.39 bits per heavy atom. The number of carbonyl (C=O) groups is 1. The molecule has 0 aliphatic rings. The zero-order valence-corrected chi connectivity index (χ0v) is 14.3. The summed E-state index contributed by atoms with van der Waals surface area (Å²) in [5.74, 6) is -0.0532. The van der Waals surface area contributed by atoms with E-state index in [1.54, 1.807) is 12.3 Å². The molecule has 3 N–H and O–H groups in total. The van der Waals surface area contributed by atoms with Crippen molar-refractivity contribution in [1.82, 2.24) is 4.57 Å². The fraction of sp³-hybridized carbons (Fsp3) is 0.250. The molecule has 7 heteroatoms. The Morgan fingerprint density at radius 2 is 2.09 bits per heavy atom.